The van der Waals surface area contributed by atoms with Crippen molar-refractivity contribution in [3.63, 3.8) is 0 Å². The third-order valence-electron chi connectivity index (χ3n) is 3.33. The molecular formula is C16H20N2O2. The molecule has 1 fully saturated rings. The van der Waals surface area contributed by atoms with E-state index < -0.39 is 0 Å². The van der Waals surface area contributed by atoms with Gasteiger partial charge in [0.2, 0.25) is 0 Å². The Morgan fingerprint density at radius 3 is 2.85 bits per heavy atom. The van der Waals surface area contributed by atoms with Gasteiger partial charge in [0.1, 0.15) is 6.61 Å². The predicted molar refractivity (Wildman–Crippen MR) is 78.1 cm³/mol. The molecule has 1 saturated heterocycles. The van der Waals surface area contributed by atoms with E-state index in [2.05, 4.69) is 17.2 Å². The van der Waals surface area contributed by atoms with Gasteiger partial charge in [-0.3, -0.25) is 0 Å². The largest absolute Gasteiger partial charge is 0.384 e. The van der Waals surface area contributed by atoms with Gasteiger partial charge >= 0.3 is 6.03 Å². The molecule has 20 heavy (non-hydrogen) atoms. The highest BCUT2D eigenvalue weighted by atomic mass is 16.2. The van der Waals surface area contributed by atoms with Crippen LogP contribution in [-0.4, -0.2) is 35.7 Å². The Hall–Kier alpha value is -1.99. The number of hydrogen-bond acceptors (Lipinski definition) is 2. The monoisotopic (exact) mass is 272 g/mol. The highest BCUT2D eigenvalue weighted by molar-refractivity contribution is 5.74. The summed E-state index contributed by atoms with van der Waals surface area (Å²) in [5.74, 6) is 5.48. The number of likely N-dealkylation sites (tertiary alicyclic amines) is 1. The molecule has 1 heterocycles. The van der Waals surface area contributed by atoms with Crippen LogP contribution in [0.15, 0.2) is 24.3 Å². The lowest BCUT2D eigenvalue weighted by molar-refractivity contribution is 0.186. The summed E-state index contributed by atoms with van der Waals surface area (Å²) in [6.07, 6.45) is 3.41. The van der Waals surface area contributed by atoms with Gasteiger partial charge < -0.3 is 15.3 Å². The molecular weight excluding hydrogens is 252 g/mol. The average molecular weight is 272 g/mol. The number of amides is 2. The molecule has 1 aliphatic rings. The Labute approximate surface area is 119 Å². The van der Waals surface area contributed by atoms with Crippen LogP contribution in [-0.2, 0) is 6.54 Å². The molecule has 2 N–H and O–H groups in total. The van der Waals surface area contributed by atoms with Crippen molar-refractivity contribution in [1.29, 1.82) is 0 Å². The molecule has 0 saturated carbocycles. The third kappa shape index (κ3) is 4.29. The SMILES string of the molecule is O=C(NCc1cccc(C#CCO)c1)N1CCCCC1. The topological polar surface area (TPSA) is 52.6 Å². The first-order valence-corrected chi connectivity index (χ1v) is 7.01. The Morgan fingerprint density at radius 2 is 2.10 bits per heavy atom. The van der Waals surface area contributed by atoms with E-state index in [0.29, 0.717) is 6.54 Å². The second-order valence-corrected chi connectivity index (χ2v) is 4.87. The standard InChI is InChI=1S/C16H20N2O2/c19-11-5-8-14-6-4-7-15(12-14)13-17-16(20)18-9-2-1-3-10-18/h4,6-7,12,19H,1-3,9-11,13H2,(H,17,20). The maximum atomic E-state index is 12.0. The number of aliphatic hydroxyl groups excluding tert-OH is 1. The summed E-state index contributed by atoms with van der Waals surface area (Å²) in [7, 11) is 0. The second-order valence-electron chi connectivity index (χ2n) is 4.87. The number of hydrogen-bond donors (Lipinski definition) is 2. The number of nitrogens with zero attached hydrogens (tertiary/aromatic N) is 1. The number of aliphatic hydroxyl groups is 1. The third-order valence-corrected chi connectivity index (χ3v) is 3.33. The molecule has 106 valence electrons. The van der Waals surface area contributed by atoms with Gasteiger partial charge in [0, 0.05) is 25.2 Å². The van der Waals surface area contributed by atoms with Crippen LogP contribution in [0.5, 0.6) is 0 Å². The van der Waals surface area contributed by atoms with Crippen molar-refractivity contribution >= 4 is 6.03 Å². The minimum Gasteiger partial charge on any atom is -0.384 e. The fraction of sp³-hybridized carbons (Fsp3) is 0.438. The van der Waals surface area contributed by atoms with Crippen molar-refractivity contribution in [3.8, 4) is 11.8 Å². The number of carbonyl (C=O) groups is 1. The first-order chi connectivity index (χ1) is 9.79. The van der Waals surface area contributed by atoms with E-state index >= 15 is 0 Å². The van der Waals surface area contributed by atoms with Gasteiger partial charge in [0.25, 0.3) is 0 Å². The first-order valence-electron chi connectivity index (χ1n) is 7.01. The van der Waals surface area contributed by atoms with Crippen LogP contribution in [0.4, 0.5) is 4.79 Å². The van der Waals surface area contributed by atoms with E-state index in [-0.39, 0.29) is 12.6 Å². The molecule has 0 aliphatic carbocycles. The van der Waals surface area contributed by atoms with Crippen molar-refractivity contribution in [1.82, 2.24) is 10.2 Å². The van der Waals surface area contributed by atoms with Gasteiger partial charge in [-0.25, -0.2) is 4.79 Å². The van der Waals surface area contributed by atoms with Crippen molar-refractivity contribution in [2.75, 3.05) is 19.7 Å². The number of nitrogens with one attached hydrogen (secondary N) is 1. The van der Waals surface area contributed by atoms with Crippen LogP contribution in [0.3, 0.4) is 0 Å². The second kappa shape index (κ2) is 7.56. The quantitative estimate of drug-likeness (QED) is 0.806. The molecule has 1 aliphatic heterocycles. The highest BCUT2D eigenvalue weighted by Gasteiger charge is 2.15. The fourth-order valence-electron chi connectivity index (χ4n) is 2.29. The van der Waals surface area contributed by atoms with Crippen LogP contribution in [0.1, 0.15) is 30.4 Å². The first kappa shape index (κ1) is 14.4. The van der Waals surface area contributed by atoms with Gasteiger partial charge in [-0.2, -0.15) is 0 Å². The zero-order valence-electron chi connectivity index (χ0n) is 11.6. The molecule has 0 radical (unpaired) electrons. The smallest absolute Gasteiger partial charge is 0.317 e. The summed E-state index contributed by atoms with van der Waals surface area (Å²) in [6.45, 7) is 2.07. The number of rotatable bonds is 2. The summed E-state index contributed by atoms with van der Waals surface area (Å²) in [5, 5.41) is 11.6. The molecule has 0 atom stereocenters. The summed E-state index contributed by atoms with van der Waals surface area (Å²) in [4.78, 5) is 13.9. The summed E-state index contributed by atoms with van der Waals surface area (Å²) >= 11 is 0. The van der Waals surface area contributed by atoms with Crippen molar-refractivity contribution < 1.29 is 9.90 Å². The molecule has 2 amide bonds. The maximum absolute atomic E-state index is 12.0. The van der Waals surface area contributed by atoms with Crippen molar-refractivity contribution in [2.24, 2.45) is 0 Å². The normalized spacial score (nSPS) is 14.3. The summed E-state index contributed by atoms with van der Waals surface area (Å²) < 4.78 is 0. The lowest BCUT2D eigenvalue weighted by Crippen LogP contribution is -2.42. The van der Waals surface area contributed by atoms with E-state index in [1.165, 1.54) is 6.42 Å². The van der Waals surface area contributed by atoms with Crippen LogP contribution >= 0.6 is 0 Å². The average Bonchev–Trinajstić information content (AvgIpc) is 2.52. The Bertz CT molecular complexity index is 511. The fourth-order valence-corrected chi connectivity index (χ4v) is 2.29. The van der Waals surface area contributed by atoms with E-state index in [9.17, 15) is 4.79 Å². The van der Waals surface area contributed by atoms with Gasteiger partial charge in [-0.1, -0.05) is 24.0 Å². The Morgan fingerprint density at radius 1 is 1.30 bits per heavy atom. The molecule has 0 bridgehead atoms. The zero-order chi connectivity index (χ0) is 14.2. The van der Waals surface area contributed by atoms with E-state index in [0.717, 1.165) is 37.1 Å². The van der Waals surface area contributed by atoms with Gasteiger partial charge in [-0.15, -0.1) is 0 Å². The van der Waals surface area contributed by atoms with Crippen LogP contribution in [0.25, 0.3) is 0 Å². The van der Waals surface area contributed by atoms with Crippen molar-refractivity contribution in [2.45, 2.75) is 25.8 Å². The lowest BCUT2D eigenvalue weighted by Gasteiger charge is -2.26. The van der Waals surface area contributed by atoms with Crippen LogP contribution < -0.4 is 5.32 Å². The van der Waals surface area contributed by atoms with Gasteiger partial charge in [-0.05, 0) is 37.0 Å². The molecule has 0 spiro atoms. The predicted octanol–water partition coefficient (Wildman–Crippen LogP) is 1.73. The van der Waals surface area contributed by atoms with Crippen LogP contribution in [0, 0.1) is 11.8 Å². The van der Waals surface area contributed by atoms with Gasteiger partial charge in [0.15, 0.2) is 0 Å². The Balaban J connectivity index is 1.88. The maximum Gasteiger partial charge on any atom is 0.317 e. The van der Waals surface area contributed by atoms with Crippen molar-refractivity contribution in [3.05, 3.63) is 35.4 Å². The molecule has 4 heteroatoms. The lowest BCUT2D eigenvalue weighted by atomic mass is 10.1. The van der Waals surface area contributed by atoms with E-state index in [1.807, 2.05) is 29.2 Å². The molecule has 0 aromatic heterocycles. The number of carbonyl (C=O) groups excluding carboxylic acids is 1. The highest BCUT2D eigenvalue weighted by Crippen LogP contribution is 2.09. The molecule has 2 rings (SSSR count). The molecule has 4 nitrogen and oxygen atoms in total. The minimum absolute atomic E-state index is 0.0107. The minimum atomic E-state index is -0.143. The zero-order valence-corrected chi connectivity index (χ0v) is 11.6. The number of urea groups is 1. The van der Waals surface area contributed by atoms with Gasteiger partial charge in [0.05, 0.1) is 0 Å². The summed E-state index contributed by atoms with van der Waals surface area (Å²) in [6, 6.07) is 7.69. The number of piperidine rings is 1. The molecule has 0 unspecified atom stereocenters. The Kier molecular flexibility index (Phi) is 5.45. The van der Waals surface area contributed by atoms with E-state index in [4.69, 9.17) is 5.11 Å². The van der Waals surface area contributed by atoms with E-state index in [1.54, 1.807) is 0 Å². The molecule has 1 aromatic rings. The van der Waals surface area contributed by atoms with Crippen LogP contribution in [0.2, 0.25) is 0 Å². The number of benzene rings is 1. The summed E-state index contributed by atoms with van der Waals surface area (Å²) in [5.41, 5.74) is 1.86. The molecule has 1 aromatic carbocycles.